The fourth-order valence-electron chi connectivity index (χ4n) is 5.73. The molecule has 3 aliphatic rings. The van der Waals surface area contributed by atoms with Gasteiger partial charge < -0.3 is 9.64 Å². The zero-order valence-electron chi connectivity index (χ0n) is 19.4. The van der Waals surface area contributed by atoms with Gasteiger partial charge in [0, 0.05) is 11.8 Å². The summed E-state index contributed by atoms with van der Waals surface area (Å²) in [6, 6.07) is 20.9. The van der Waals surface area contributed by atoms with Crippen molar-refractivity contribution >= 4 is 29.4 Å². The van der Waals surface area contributed by atoms with Gasteiger partial charge in [0.2, 0.25) is 11.8 Å². The summed E-state index contributed by atoms with van der Waals surface area (Å²) in [7, 11) is 1.57. The number of imide groups is 1. The second-order valence-corrected chi connectivity index (χ2v) is 9.27. The van der Waals surface area contributed by atoms with Crippen molar-refractivity contribution in [3.8, 4) is 5.75 Å². The lowest BCUT2D eigenvalue weighted by Gasteiger charge is -2.35. The molecule has 0 spiro atoms. The quantitative estimate of drug-likeness (QED) is 0.423. The molecule has 0 aliphatic carbocycles. The van der Waals surface area contributed by atoms with Crippen LogP contribution in [0.4, 0.5) is 5.69 Å². The molecule has 0 unspecified atom stereocenters. The molecule has 0 aromatic heterocycles. The molecule has 2 saturated heterocycles. The van der Waals surface area contributed by atoms with Crippen LogP contribution < -0.4 is 9.64 Å². The molecule has 2 fully saturated rings. The van der Waals surface area contributed by atoms with Crippen molar-refractivity contribution in [3.05, 3.63) is 101 Å². The highest BCUT2D eigenvalue weighted by Gasteiger charge is 2.64. The zero-order valence-corrected chi connectivity index (χ0v) is 19.4. The summed E-state index contributed by atoms with van der Waals surface area (Å²) in [6.07, 6.45) is 3.82. The lowest BCUT2D eigenvalue weighted by atomic mass is 9.83. The highest BCUT2D eigenvalue weighted by Crippen LogP contribution is 2.53. The lowest BCUT2D eigenvalue weighted by molar-refractivity contribution is -0.123. The molecule has 3 heterocycles. The van der Waals surface area contributed by atoms with Crippen LogP contribution in [0.1, 0.15) is 33.1 Å². The third kappa shape index (κ3) is 3.13. The molecule has 2 amide bonds. The first-order valence-electron chi connectivity index (χ1n) is 11.7. The number of nitrogens with zero attached hydrogens (tertiary/aromatic N) is 2. The van der Waals surface area contributed by atoms with E-state index in [2.05, 4.69) is 0 Å². The fourth-order valence-corrected chi connectivity index (χ4v) is 5.73. The van der Waals surface area contributed by atoms with Crippen molar-refractivity contribution < 1.29 is 19.1 Å². The number of carbonyl (C=O) groups excluding carboxylic acids is 3. The molecule has 4 atom stereocenters. The molecule has 35 heavy (non-hydrogen) atoms. The average molecular weight is 465 g/mol. The maximum atomic E-state index is 13.9. The normalized spacial score (nSPS) is 24.3. The number of aryl methyl sites for hydroxylation is 1. The molecule has 6 heteroatoms. The van der Waals surface area contributed by atoms with Crippen molar-refractivity contribution in [1.29, 1.82) is 0 Å². The van der Waals surface area contributed by atoms with Crippen LogP contribution in [0.25, 0.3) is 6.08 Å². The number of benzene rings is 3. The number of Topliss-reactive ketones (excluding diaryl/α,β-unsaturated/α-hetero) is 1. The van der Waals surface area contributed by atoms with Crippen LogP contribution in [0, 0.1) is 18.8 Å². The summed E-state index contributed by atoms with van der Waals surface area (Å²) in [5, 5.41) is 0. The Labute approximate surface area is 203 Å². The van der Waals surface area contributed by atoms with Gasteiger partial charge in [-0.3, -0.25) is 14.4 Å². The molecule has 0 saturated carbocycles. The van der Waals surface area contributed by atoms with Gasteiger partial charge in [-0.15, -0.1) is 0 Å². The van der Waals surface area contributed by atoms with E-state index in [4.69, 9.17) is 4.74 Å². The summed E-state index contributed by atoms with van der Waals surface area (Å²) in [5.74, 6) is -1.54. The van der Waals surface area contributed by atoms with Gasteiger partial charge in [0.25, 0.3) is 0 Å². The Bertz CT molecular complexity index is 1380. The summed E-state index contributed by atoms with van der Waals surface area (Å²) in [6.45, 7) is 1.96. The molecule has 6 nitrogen and oxygen atoms in total. The van der Waals surface area contributed by atoms with Crippen LogP contribution in [-0.2, 0) is 9.59 Å². The van der Waals surface area contributed by atoms with E-state index in [1.54, 1.807) is 43.5 Å². The van der Waals surface area contributed by atoms with Gasteiger partial charge in [-0.1, -0.05) is 42.0 Å². The molecule has 3 aliphatic heterocycles. The maximum absolute atomic E-state index is 13.9. The van der Waals surface area contributed by atoms with Crippen LogP contribution in [0.3, 0.4) is 0 Å². The predicted molar refractivity (Wildman–Crippen MR) is 132 cm³/mol. The van der Waals surface area contributed by atoms with Crippen molar-refractivity contribution in [2.24, 2.45) is 11.8 Å². The molecule has 6 rings (SSSR count). The van der Waals surface area contributed by atoms with Crippen LogP contribution in [-0.4, -0.2) is 35.6 Å². The number of hydrogen-bond donors (Lipinski definition) is 0. The molecule has 3 aromatic carbocycles. The van der Waals surface area contributed by atoms with Gasteiger partial charge in [-0.2, -0.15) is 0 Å². The Morgan fingerprint density at radius 2 is 1.54 bits per heavy atom. The molecular weight excluding hydrogens is 440 g/mol. The molecule has 0 bridgehead atoms. The van der Waals surface area contributed by atoms with Crippen LogP contribution in [0.5, 0.6) is 5.75 Å². The smallest absolute Gasteiger partial charge is 0.240 e. The second-order valence-electron chi connectivity index (χ2n) is 9.27. The summed E-state index contributed by atoms with van der Waals surface area (Å²) >= 11 is 0. The number of amides is 2. The molecule has 0 N–H and O–H groups in total. The Morgan fingerprint density at radius 1 is 0.857 bits per heavy atom. The Balaban J connectivity index is 1.47. The number of methoxy groups -OCH3 is 1. The minimum absolute atomic E-state index is 0.180. The highest BCUT2D eigenvalue weighted by molar-refractivity contribution is 6.24. The predicted octanol–water partition coefficient (Wildman–Crippen LogP) is 4.40. The highest BCUT2D eigenvalue weighted by atomic mass is 16.5. The standard InChI is InChI=1S/C29H24N2O4/c1-17-7-11-20(12-8-17)31-28(33)23-24(29(31)34)26(27(32)19-9-13-21(35-2)14-10-19)30-16-15-18-5-3-4-6-22(18)25(23)30/h3-16,23-26H,1-2H3/t23-,24-,25+,26+/m1/s1. The van der Waals surface area contributed by atoms with E-state index < -0.39 is 17.9 Å². The Hall–Kier alpha value is -4.19. The third-order valence-corrected chi connectivity index (χ3v) is 7.40. The molecule has 3 aromatic rings. The molecular formula is C29H24N2O4. The first-order chi connectivity index (χ1) is 17.0. The van der Waals surface area contributed by atoms with E-state index in [0.717, 1.165) is 16.7 Å². The minimum atomic E-state index is -0.783. The van der Waals surface area contributed by atoms with Gasteiger partial charge in [0.1, 0.15) is 11.8 Å². The van der Waals surface area contributed by atoms with Gasteiger partial charge in [0.05, 0.1) is 30.7 Å². The zero-order chi connectivity index (χ0) is 24.3. The number of hydrogen-bond acceptors (Lipinski definition) is 5. The number of carbonyl (C=O) groups is 3. The molecule has 0 radical (unpaired) electrons. The minimum Gasteiger partial charge on any atom is -0.497 e. The largest absolute Gasteiger partial charge is 0.497 e. The first-order valence-corrected chi connectivity index (χ1v) is 11.7. The van der Waals surface area contributed by atoms with Crippen molar-refractivity contribution in [3.63, 3.8) is 0 Å². The van der Waals surface area contributed by atoms with Gasteiger partial charge in [0.15, 0.2) is 5.78 Å². The van der Waals surface area contributed by atoms with Crippen molar-refractivity contribution in [1.82, 2.24) is 4.90 Å². The summed E-state index contributed by atoms with van der Waals surface area (Å²) in [4.78, 5) is 44.8. The van der Waals surface area contributed by atoms with Gasteiger partial charge >= 0.3 is 0 Å². The maximum Gasteiger partial charge on any atom is 0.240 e. The lowest BCUT2D eigenvalue weighted by Crippen LogP contribution is -2.44. The number of anilines is 1. The van der Waals surface area contributed by atoms with E-state index >= 15 is 0 Å². The SMILES string of the molecule is COc1ccc(C(=O)[C@@H]2[C@@H]3C(=O)N(c4ccc(C)cc4)C(=O)[C@H]3[C@@H]3c4ccccc4C=CN23)cc1. The molecule has 174 valence electrons. The van der Waals surface area contributed by atoms with E-state index in [0.29, 0.717) is 17.0 Å². The van der Waals surface area contributed by atoms with E-state index in [1.165, 1.54) is 4.90 Å². The topological polar surface area (TPSA) is 66.9 Å². The van der Waals surface area contributed by atoms with Crippen LogP contribution >= 0.6 is 0 Å². The van der Waals surface area contributed by atoms with Crippen LogP contribution in [0.2, 0.25) is 0 Å². The number of fused-ring (bicyclic) bond motifs is 5. The monoisotopic (exact) mass is 464 g/mol. The van der Waals surface area contributed by atoms with Gasteiger partial charge in [-0.25, -0.2) is 4.90 Å². The van der Waals surface area contributed by atoms with Crippen LogP contribution in [0.15, 0.2) is 79.0 Å². The van der Waals surface area contributed by atoms with E-state index in [9.17, 15) is 14.4 Å². The number of ketones is 1. The Kier molecular flexibility index (Phi) is 4.85. The number of rotatable bonds is 4. The summed E-state index contributed by atoms with van der Waals surface area (Å²) < 4.78 is 5.23. The first kappa shape index (κ1) is 21.4. The van der Waals surface area contributed by atoms with E-state index in [-0.39, 0.29) is 23.6 Å². The number of ether oxygens (including phenoxy) is 1. The Morgan fingerprint density at radius 3 is 2.26 bits per heavy atom. The van der Waals surface area contributed by atoms with Crippen molar-refractivity contribution in [2.45, 2.75) is 19.0 Å². The summed E-state index contributed by atoms with van der Waals surface area (Å²) in [5.41, 5.74) is 4.03. The van der Waals surface area contributed by atoms with Gasteiger partial charge in [-0.05, 0) is 60.5 Å². The van der Waals surface area contributed by atoms with Crippen molar-refractivity contribution in [2.75, 3.05) is 12.0 Å². The van der Waals surface area contributed by atoms with E-state index in [1.807, 2.05) is 60.5 Å². The average Bonchev–Trinajstić information content (AvgIpc) is 3.37. The second kappa shape index (κ2) is 7.94. The third-order valence-electron chi connectivity index (χ3n) is 7.40. The fraction of sp³-hybridized carbons (Fsp3) is 0.207.